The Kier molecular flexibility index (Phi) is 5.58. The number of hydrogen-bond acceptors (Lipinski definition) is 5. The van der Waals surface area contributed by atoms with Crippen LogP contribution in [-0.2, 0) is 40.4 Å². The number of anilines is 2. The quantitative estimate of drug-likeness (QED) is 0.661. The Morgan fingerprint density at radius 2 is 1.68 bits per heavy atom. The summed E-state index contributed by atoms with van der Waals surface area (Å²) in [5.74, 6) is 0.902. The summed E-state index contributed by atoms with van der Waals surface area (Å²) in [5.41, 5.74) is 5.99. The molecular weight excluding hydrogens is 412 g/mol. The monoisotopic (exact) mass is 438 g/mol. The molecule has 4 rings (SSSR count). The topological polar surface area (TPSA) is 84.3 Å². The van der Waals surface area contributed by atoms with Gasteiger partial charge >= 0.3 is 0 Å². The van der Waals surface area contributed by atoms with Gasteiger partial charge in [0.2, 0.25) is 5.91 Å². The van der Waals surface area contributed by atoms with Crippen LogP contribution in [0.3, 0.4) is 0 Å². The molecule has 1 amide bonds. The van der Waals surface area contributed by atoms with Gasteiger partial charge in [-0.25, -0.2) is 8.42 Å². The molecule has 0 unspecified atom stereocenters. The molecule has 31 heavy (non-hydrogen) atoms. The maximum atomic E-state index is 11.8. The van der Waals surface area contributed by atoms with Crippen LogP contribution in [0.2, 0.25) is 0 Å². The highest BCUT2D eigenvalue weighted by atomic mass is 32.2. The number of fused-ring (bicyclic) bond motifs is 1. The fourth-order valence-electron chi connectivity index (χ4n) is 3.94. The predicted molar refractivity (Wildman–Crippen MR) is 122 cm³/mol. The van der Waals surface area contributed by atoms with Crippen LogP contribution in [0, 0.1) is 0 Å². The van der Waals surface area contributed by atoms with Gasteiger partial charge in [0.25, 0.3) is 0 Å². The van der Waals surface area contributed by atoms with Crippen molar-refractivity contribution in [3.63, 3.8) is 0 Å². The largest absolute Gasteiger partial charge is 0.338 e. The molecule has 7 nitrogen and oxygen atoms in total. The average molecular weight is 439 g/mol. The molecule has 0 saturated heterocycles. The van der Waals surface area contributed by atoms with E-state index in [0.29, 0.717) is 6.54 Å². The Morgan fingerprint density at radius 1 is 1.06 bits per heavy atom. The lowest BCUT2D eigenvalue weighted by atomic mass is 10.0. The van der Waals surface area contributed by atoms with Crippen LogP contribution in [0.5, 0.6) is 0 Å². The normalized spacial score (nSPS) is 13.7. The van der Waals surface area contributed by atoms with Crippen LogP contribution in [0.15, 0.2) is 48.5 Å². The van der Waals surface area contributed by atoms with E-state index in [1.165, 1.54) is 6.26 Å². The Bertz CT molecular complexity index is 1210. The fourth-order valence-corrected chi connectivity index (χ4v) is 4.74. The second-order valence-electron chi connectivity index (χ2n) is 8.06. The lowest BCUT2D eigenvalue weighted by Gasteiger charge is -2.26. The summed E-state index contributed by atoms with van der Waals surface area (Å²) >= 11 is 0. The van der Waals surface area contributed by atoms with Gasteiger partial charge in [-0.15, -0.1) is 0 Å². The average Bonchev–Trinajstić information content (AvgIpc) is 3.03. The minimum Gasteiger partial charge on any atom is -0.338 e. The van der Waals surface area contributed by atoms with Gasteiger partial charge in [0.15, 0.2) is 15.7 Å². The molecular formula is C23H26N4O3S. The fraction of sp³-hybridized carbons (Fsp3) is 0.304. The first-order valence-corrected chi connectivity index (χ1v) is 12.2. The molecule has 1 aromatic heterocycles. The third kappa shape index (κ3) is 4.80. The van der Waals surface area contributed by atoms with Crippen molar-refractivity contribution < 1.29 is 13.2 Å². The molecule has 3 aromatic rings. The minimum absolute atomic E-state index is 0.0472. The number of hydrogen-bond donors (Lipinski definition) is 1. The van der Waals surface area contributed by atoms with Gasteiger partial charge in [-0.1, -0.05) is 36.4 Å². The van der Waals surface area contributed by atoms with Crippen molar-refractivity contribution in [3.8, 4) is 11.1 Å². The van der Waals surface area contributed by atoms with Crippen LogP contribution in [0.1, 0.15) is 23.7 Å². The van der Waals surface area contributed by atoms with E-state index in [1.807, 2.05) is 65.2 Å². The van der Waals surface area contributed by atoms with Crippen molar-refractivity contribution in [2.24, 2.45) is 7.05 Å². The Hall–Kier alpha value is -3.13. The number of nitrogens with zero attached hydrogens (tertiary/aromatic N) is 3. The molecule has 162 valence electrons. The number of amides is 1. The van der Waals surface area contributed by atoms with Gasteiger partial charge in [-0.2, -0.15) is 5.10 Å². The standard InChI is InChI=1S/C23H26N4O3S/c1-16(28)27-13-12-22-21(14-27)23(25-26(22)2)24-20-10-8-19(9-11-20)18-6-4-17(5-7-18)15-31(3,29)30/h4-11H,12-15H2,1-3H3,(H,24,25). The number of benzene rings is 2. The second kappa shape index (κ2) is 8.19. The first kappa shape index (κ1) is 21.1. The summed E-state index contributed by atoms with van der Waals surface area (Å²) in [6.07, 6.45) is 2.04. The molecule has 1 N–H and O–H groups in total. The lowest BCUT2D eigenvalue weighted by Crippen LogP contribution is -2.34. The van der Waals surface area contributed by atoms with E-state index in [4.69, 9.17) is 0 Å². The van der Waals surface area contributed by atoms with Crippen molar-refractivity contribution in [2.45, 2.75) is 25.6 Å². The maximum Gasteiger partial charge on any atom is 0.219 e. The van der Waals surface area contributed by atoms with Crippen LogP contribution in [0.4, 0.5) is 11.5 Å². The number of sulfone groups is 1. The molecule has 8 heteroatoms. The first-order chi connectivity index (χ1) is 14.7. The number of carbonyl (C=O) groups excluding carboxylic acids is 1. The molecule has 0 aliphatic carbocycles. The highest BCUT2D eigenvalue weighted by molar-refractivity contribution is 7.89. The number of rotatable bonds is 5. The lowest BCUT2D eigenvalue weighted by molar-refractivity contribution is -0.129. The second-order valence-corrected chi connectivity index (χ2v) is 10.2. The summed E-state index contributed by atoms with van der Waals surface area (Å²) in [7, 11) is -1.11. The predicted octanol–water partition coefficient (Wildman–Crippen LogP) is 3.28. The van der Waals surface area contributed by atoms with E-state index in [-0.39, 0.29) is 11.7 Å². The summed E-state index contributed by atoms with van der Waals surface area (Å²) < 4.78 is 24.8. The summed E-state index contributed by atoms with van der Waals surface area (Å²) in [4.78, 5) is 13.6. The zero-order valence-corrected chi connectivity index (χ0v) is 18.7. The third-order valence-corrected chi connectivity index (χ3v) is 6.41. The van der Waals surface area contributed by atoms with Gasteiger partial charge in [0.05, 0.1) is 12.3 Å². The zero-order chi connectivity index (χ0) is 22.2. The molecule has 0 spiro atoms. The Morgan fingerprint density at radius 3 is 2.26 bits per heavy atom. The Balaban J connectivity index is 1.51. The molecule has 0 atom stereocenters. The summed E-state index contributed by atoms with van der Waals surface area (Å²) in [6, 6.07) is 15.6. The molecule has 0 radical (unpaired) electrons. The molecule has 2 heterocycles. The smallest absolute Gasteiger partial charge is 0.219 e. The van der Waals surface area contributed by atoms with Crippen molar-refractivity contribution in [1.82, 2.24) is 14.7 Å². The minimum atomic E-state index is -3.04. The van der Waals surface area contributed by atoms with Gasteiger partial charge in [-0.3, -0.25) is 9.48 Å². The molecule has 2 aromatic carbocycles. The van der Waals surface area contributed by atoms with E-state index >= 15 is 0 Å². The van der Waals surface area contributed by atoms with Gasteiger partial charge in [-0.05, 0) is 28.8 Å². The van der Waals surface area contributed by atoms with Crippen molar-refractivity contribution in [2.75, 3.05) is 18.1 Å². The van der Waals surface area contributed by atoms with Crippen LogP contribution in [0.25, 0.3) is 11.1 Å². The van der Waals surface area contributed by atoms with Crippen LogP contribution >= 0.6 is 0 Å². The SMILES string of the molecule is CC(=O)N1CCc2c(c(Nc3ccc(-c4ccc(CS(C)(=O)=O)cc4)cc3)nn2C)C1. The highest BCUT2D eigenvalue weighted by Gasteiger charge is 2.25. The van der Waals surface area contributed by atoms with Crippen molar-refractivity contribution in [1.29, 1.82) is 0 Å². The number of nitrogens with one attached hydrogen (secondary N) is 1. The Labute approximate surface area is 182 Å². The van der Waals surface area contributed by atoms with E-state index in [2.05, 4.69) is 10.4 Å². The van der Waals surface area contributed by atoms with Crippen LogP contribution < -0.4 is 5.32 Å². The van der Waals surface area contributed by atoms with Gasteiger partial charge in [0.1, 0.15) is 0 Å². The molecule has 1 aliphatic rings. The van der Waals surface area contributed by atoms with Crippen molar-refractivity contribution in [3.05, 3.63) is 65.4 Å². The van der Waals surface area contributed by atoms with Crippen molar-refractivity contribution >= 4 is 27.2 Å². The van der Waals surface area contributed by atoms with E-state index in [0.717, 1.165) is 52.4 Å². The number of carbonyl (C=O) groups is 1. The highest BCUT2D eigenvalue weighted by Crippen LogP contribution is 2.29. The summed E-state index contributed by atoms with van der Waals surface area (Å²) in [6.45, 7) is 2.89. The first-order valence-electron chi connectivity index (χ1n) is 10.1. The maximum absolute atomic E-state index is 11.8. The van der Waals surface area contributed by atoms with Crippen LogP contribution in [-0.4, -0.2) is 41.8 Å². The summed E-state index contributed by atoms with van der Waals surface area (Å²) in [5, 5.41) is 8.01. The van der Waals surface area contributed by atoms with Gasteiger partial charge < -0.3 is 10.2 Å². The number of aryl methyl sites for hydroxylation is 1. The molecule has 1 aliphatic heterocycles. The number of aromatic nitrogens is 2. The van der Waals surface area contributed by atoms with Gasteiger partial charge in [0, 0.05) is 50.1 Å². The van der Waals surface area contributed by atoms with E-state index in [9.17, 15) is 13.2 Å². The third-order valence-electron chi connectivity index (χ3n) is 5.55. The van der Waals surface area contributed by atoms with E-state index < -0.39 is 9.84 Å². The molecule has 0 bridgehead atoms. The van der Waals surface area contributed by atoms with E-state index in [1.54, 1.807) is 6.92 Å². The molecule has 0 saturated carbocycles. The zero-order valence-electron chi connectivity index (χ0n) is 17.9. The molecule has 0 fully saturated rings.